The first-order valence-electron chi connectivity index (χ1n) is 20.9. The number of carbonyl (C=O) groups excluding carboxylic acids is 1. The largest absolute Gasteiger partial charge is 0.478 e. The van der Waals surface area contributed by atoms with Crippen LogP contribution in [0.25, 0.3) is 5.57 Å². The molecule has 7 rings (SSSR count). The number of benzene rings is 1. The molecule has 6 aliphatic rings. The Bertz CT molecular complexity index is 1780. The van der Waals surface area contributed by atoms with Gasteiger partial charge in [0.1, 0.15) is 0 Å². The number of nitrogens with zero attached hydrogens (tertiary/aromatic N) is 1. The van der Waals surface area contributed by atoms with Crippen LogP contribution < -0.4 is 5.32 Å². The molecule has 1 aliphatic heterocycles. The van der Waals surface area contributed by atoms with E-state index in [-0.39, 0.29) is 50.0 Å². The lowest BCUT2D eigenvalue weighted by atomic mass is 9.32. The fourth-order valence-corrected chi connectivity index (χ4v) is 15.7. The fraction of sp³-hybridized carbons (Fsp3) is 0.711. The highest BCUT2D eigenvalue weighted by Gasteiger charge is 2.71. The van der Waals surface area contributed by atoms with Crippen LogP contribution in [0.2, 0.25) is 0 Å². The Morgan fingerprint density at radius 2 is 1.56 bits per heavy atom. The highest BCUT2D eigenvalue weighted by atomic mass is 32.3. The molecule has 55 heavy (non-hydrogen) atoms. The summed E-state index contributed by atoms with van der Waals surface area (Å²) in [6.07, 6.45) is 12.5. The van der Waals surface area contributed by atoms with Crippen molar-refractivity contribution in [2.45, 2.75) is 106 Å². The molecule has 5 N–H and O–H groups in total. The zero-order valence-electron chi connectivity index (χ0n) is 34.1. The number of nitrogens with one attached hydrogen (secondary N) is 1. The van der Waals surface area contributed by atoms with Crippen molar-refractivity contribution < 1.29 is 33.7 Å². The number of allylic oxidation sites excluding steroid dienone is 3. The zero-order valence-corrected chi connectivity index (χ0v) is 34.9. The van der Waals surface area contributed by atoms with Crippen molar-refractivity contribution in [2.75, 3.05) is 37.7 Å². The molecule has 9 atom stereocenters. The van der Waals surface area contributed by atoms with Crippen LogP contribution in [0.5, 0.6) is 0 Å². The number of hydrogen-bond donors (Lipinski definition) is 5. The molecule has 1 aromatic rings. The topological polar surface area (TPSA) is 147 Å². The van der Waals surface area contributed by atoms with E-state index in [9.17, 15) is 33.7 Å². The summed E-state index contributed by atoms with van der Waals surface area (Å²) in [6.45, 7) is 21.9. The third kappa shape index (κ3) is 6.35. The molecule has 0 spiro atoms. The fourth-order valence-electron chi connectivity index (χ4n) is 14.4. The van der Waals surface area contributed by atoms with E-state index in [0.29, 0.717) is 54.8 Å². The number of carboxylic acid groups (broad SMARTS) is 2. The highest BCUT2D eigenvalue weighted by Crippen LogP contribution is 2.77. The van der Waals surface area contributed by atoms with Gasteiger partial charge in [0.15, 0.2) is 0 Å². The van der Waals surface area contributed by atoms with E-state index in [1.54, 1.807) is 12.1 Å². The Morgan fingerprint density at radius 1 is 0.873 bits per heavy atom. The lowest BCUT2D eigenvalue weighted by Gasteiger charge is -2.72. The zero-order chi connectivity index (χ0) is 39.9. The first-order chi connectivity index (χ1) is 25.7. The van der Waals surface area contributed by atoms with Gasteiger partial charge in [0.2, 0.25) is 5.91 Å². The van der Waals surface area contributed by atoms with Crippen LogP contribution in [0.4, 0.5) is 0 Å². The monoisotopic (exact) mass is 778 g/mol. The Morgan fingerprint density at radius 3 is 2.22 bits per heavy atom. The number of aromatic carboxylic acids is 2. The average Bonchev–Trinajstić information content (AvgIpc) is 3.52. The van der Waals surface area contributed by atoms with Crippen LogP contribution in [0.15, 0.2) is 36.4 Å². The molecule has 10 heteroatoms. The minimum absolute atomic E-state index is 0.0471. The predicted octanol–water partition coefficient (Wildman–Crippen LogP) is 9.31. The van der Waals surface area contributed by atoms with E-state index >= 15 is 0 Å². The minimum Gasteiger partial charge on any atom is -0.478 e. The van der Waals surface area contributed by atoms with E-state index < -0.39 is 22.5 Å². The predicted molar refractivity (Wildman–Crippen MR) is 219 cm³/mol. The van der Waals surface area contributed by atoms with Gasteiger partial charge in [-0.25, -0.2) is 9.59 Å². The van der Waals surface area contributed by atoms with Gasteiger partial charge in [-0.05, 0) is 152 Å². The minimum atomic E-state index is -2.41. The summed E-state index contributed by atoms with van der Waals surface area (Å²) in [6, 6.07) is 4.81. The van der Waals surface area contributed by atoms with Crippen LogP contribution in [0, 0.1) is 56.7 Å². The van der Waals surface area contributed by atoms with Gasteiger partial charge in [0, 0.05) is 19.6 Å². The number of fused-ring (bicyclic) bond motifs is 7. The Kier molecular flexibility index (Phi) is 10.3. The van der Waals surface area contributed by atoms with Crippen molar-refractivity contribution in [1.29, 1.82) is 0 Å². The molecular weight excluding hydrogens is 713 g/mol. The van der Waals surface area contributed by atoms with Gasteiger partial charge in [-0.15, -0.1) is 0 Å². The standard InChI is InChI=1S/C45H66N2O7S/c1-28(2)30-13-18-45(40(52)46-21-8-22-47-23-25-55(53,54)26-24-47)20-19-43(6)34(37(30)45)11-12-36-42(5)16-14-33(41(3,4)35(42)15-17-44(36,43)7)29-9-10-31(38(48)49)32(27-29)39(50)51/h9-10,14,27,30,34-37,53-54H,1,8,11-13,15-26H2,2-7H3,(H,46,52)(H,48,49)(H,50,51)/t30-,34+,35-,36+,37+,42-,43+,44+,45-/m0/s1. The molecular formula is C45H66N2O7S. The van der Waals surface area contributed by atoms with Crippen molar-refractivity contribution in [3.05, 3.63) is 53.1 Å². The van der Waals surface area contributed by atoms with E-state index in [2.05, 4.69) is 64.4 Å². The molecule has 1 aromatic carbocycles. The molecule has 0 unspecified atom stereocenters. The second-order valence-corrected chi connectivity index (χ2v) is 22.3. The Balaban J connectivity index is 1.13. The highest BCUT2D eigenvalue weighted by molar-refractivity contribution is 8.24. The molecule has 9 nitrogen and oxygen atoms in total. The molecule has 5 aliphatic carbocycles. The molecule has 1 saturated heterocycles. The summed E-state index contributed by atoms with van der Waals surface area (Å²) in [5.41, 5.74) is 2.42. The Hall–Kier alpha value is -2.66. The van der Waals surface area contributed by atoms with Gasteiger partial charge >= 0.3 is 11.9 Å². The maximum absolute atomic E-state index is 14.5. The van der Waals surface area contributed by atoms with E-state index in [1.165, 1.54) is 11.6 Å². The van der Waals surface area contributed by atoms with Crippen LogP contribution in [-0.4, -0.2) is 79.7 Å². The second kappa shape index (κ2) is 14.0. The van der Waals surface area contributed by atoms with Crippen LogP contribution in [0.1, 0.15) is 132 Å². The van der Waals surface area contributed by atoms with Gasteiger partial charge in [0.05, 0.1) is 28.0 Å². The molecule has 0 radical (unpaired) electrons. The summed E-state index contributed by atoms with van der Waals surface area (Å²) >= 11 is 0. The summed E-state index contributed by atoms with van der Waals surface area (Å²) in [4.78, 5) is 40.8. The maximum Gasteiger partial charge on any atom is 0.336 e. The number of rotatable bonds is 9. The quantitative estimate of drug-likeness (QED) is 0.123. The summed E-state index contributed by atoms with van der Waals surface area (Å²) in [5, 5.41) is 23.0. The first-order valence-corrected chi connectivity index (χ1v) is 22.8. The molecule has 4 saturated carbocycles. The summed E-state index contributed by atoms with van der Waals surface area (Å²) in [5.74, 6) is 0.641. The normalized spacial score (nSPS) is 39.6. The maximum atomic E-state index is 14.5. The van der Waals surface area contributed by atoms with Crippen LogP contribution in [0.3, 0.4) is 0 Å². The van der Waals surface area contributed by atoms with Gasteiger partial charge in [-0.1, -0.05) is 58.9 Å². The van der Waals surface area contributed by atoms with E-state index in [4.69, 9.17) is 0 Å². The molecule has 0 bridgehead atoms. The molecule has 1 heterocycles. The Labute approximate surface area is 330 Å². The third-order valence-corrected chi connectivity index (χ3v) is 19.0. The molecule has 304 valence electrons. The molecule has 5 fully saturated rings. The van der Waals surface area contributed by atoms with Crippen molar-refractivity contribution in [3.8, 4) is 0 Å². The van der Waals surface area contributed by atoms with Crippen molar-refractivity contribution >= 4 is 34.0 Å². The van der Waals surface area contributed by atoms with Crippen LogP contribution in [-0.2, 0) is 4.79 Å². The lowest BCUT2D eigenvalue weighted by Crippen LogP contribution is -2.66. The van der Waals surface area contributed by atoms with Crippen molar-refractivity contribution in [1.82, 2.24) is 10.2 Å². The van der Waals surface area contributed by atoms with Gasteiger partial charge in [-0.3, -0.25) is 13.9 Å². The first kappa shape index (κ1) is 40.5. The molecule has 1 amide bonds. The van der Waals surface area contributed by atoms with Gasteiger partial charge in [-0.2, -0.15) is 10.6 Å². The van der Waals surface area contributed by atoms with E-state index in [0.717, 1.165) is 81.9 Å². The van der Waals surface area contributed by atoms with Crippen molar-refractivity contribution in [2.24, 2.45) is 56.7 Å². The SMILES string of the molecule is C=C(C)[C@@H]1CC[C@]2(C(=O)NCCCN3CCS(O)(O)CC3)CC[C@]3(C)[C@H](CC[C@@H]4[C@@]5(C)CC=C(c6ccc(C(=O)O)c(C(=O)O)c6)C(C)(C)[C@@H]5CC[C@]43C)[C@@H]12. The van der Waals surface area contributed by atoms with Gasteiger partial charge in [0.25, 0.3) is 0 Å². The third-order valence-electron chi connectivity index (χ3n) is 17.3. The van der Waals surface area contributed by atoms with Gasteiger partial charge < -0.3 is 20.4 Å². The number of amides is 1. The van der Waals surface area contributed by atoms with Crippen molar-refractivity contribution in [3.63, 3.8) is 0 Å². The summed E-state index contributed by atoms with van der Waals surface area (Å²) < 4.78 is 20.0. The number of hydrogen-bond acceptors (Lipinski definition) is 6. The number of carbonyl (C=O) groups is 3. The second-order valence-electron chi connectivity index (χ2n) is 19.9. The number of carboxylic acids is 2. The average molecular weight is 779 g/mol. The smallest absolute Gasteiger partial charge is 0.336 e. The van der Waals surface area contributed by atoms with E-state index in [1.807, 2.05) is 0 Å². The van der Waals surface area contributed by atoms with Crippen LogP contribution >= 0.6 is 10.6 Å². The lowest BCUT2D eigenvalue weighted by molar-refractivity contribution is -0.225. The molecule has 0 aromatic heterocycles. The summed E-state index contributed by atoms with van der Waals surface area (Å²) in [7, 11) is -2.41.